The van der Waals surface area contributed by atoms with Gasteiger partial charge in [0.2, 0.25) is 0 Å². The molecule has 10 heteroatoms. The maximum absolute atomic E-state index is 12.5. The first-order valence-corrected chi connectivity index (χ1v) is 11.8. The smallest absolute Gasteiger partial charge is 0.263 e. The van der Waals surface area contributed by atoms with Crippen molar-refractivity contribution in [1.82, 2.24) is 9.88 Å². The Labute approximate surface area is 209 Å². The Hall–Kier alpha value is -1.99. The van der Waals surface area contributed by atoms with Crippen molar-refractivity contribution in [2.45, 2.75) is 4.90 Å². The van der Waals surface area contributed by atoms with E-state index < -0.39 is 10.0 Å². The van der Waals surface area contributed by atoms with Crippen molar-refractivity contribution >= 4 is 38.1 Å². The maximum Gasteiger partial charge on any atom is 0.263 e. The number of piperazine rings is 1. The van der Waals surface area contributed by atoms with Crippen molar-refractivity contribution in [3.8, 4) is 0 Å². The van der Waals surface area contributed by atoms with Crippen LogP contribution in [0.2, 0.25) is 0 Å². The van der Waals surface area contributed by atoms with Crippen LogP contribution in [0.4, 0.5) is 10.8 Å². The van der Waals surface area contributed by atoms with E-state index >= 15 is 0 Å². The summed E-state index contributed by atoms with van der Waals surface area (Å²) in [5.41, 5.74) is 1.83. The average molecular weight is 680 g/mol. The number of rotatable bonds is 6. The Morgan fingerprint density at radius 1 is 1.00 bits per heavy atom. The largest absolute Gasteiger partial charge is 0.368 e. The molecule has 1 aliphatic rings. The fourth-order valence-corrected chi connectivity index (χ4v) is 5.04. The van der Waals surface area contributed by atoms with Crippen LogP contribution in [0.1, 0.15) is 5.56 Å². The molecule has 0 atom stereocenters. The maximum atomic E-state index is 12.5. The number of carbonyl (C=O) groups excluding carboxylic acids is 1. The molecule has 0 radical (unpaired) electrons. The summed E-state index contributed by atoms with van der Waals surface area (Å²) in [5, 5.41) is 2.05. The van der Waals surface area contributed by atoms with Crippen LogP contribution >= 0.6 is 11.3 Å². The number of hydrogen-bond acceptors (Lipinski definition) is 6. The average Bonchev–Trinajstić information content (AvgIpc) is 3.27. The van der Waals surface area contributed by atoms with Gasteiger partial charge >= 0.3 is 0 Å². The van der Waals surface area contributed by atoms with Crippen LogP contribution in [-0.2, 0) is 14.8 Å². The molecule has 0 aliphatic carbocycles. The van der Waals surface area contributed by atoms with E-state index in [2.05, 4.69) is 14.6 Å². The second-order valence-corrected chi connectivity index (χ2v) is 9.38. The summed E-state index contributed by atoms with van der Waals surface area (Å²) in [6.45, 7) is 2.62. The number of benzene rings is 2. The molecule has 0 bridgehead atoms. The third-order valence-electron chi connectivity index (χ3n) is 4.85. The Kier molecular flexibility index (Phi) is 8.06. The molecule has 4 rings (SSSR count). The van der Waals surface area contributed by atoms with E-state index in [1.54, 1.807) is 42.3 Å². The minimum absolute atomic E-state index is 0. The van der Waals surface area contributed by atoms with Gasteiger partial charge in [-0.1, -0.05) is 12.5 Å². The number of carbonyl (C=O) groups is 1. The third kappa shape index (κ3) is 6.04. The van der Waals surface area contributed by atoms with Crippen molar-refractivity contribution in [1.29, 1.82) is 0 Å². The minimum Gasteiger partial charge on any atom is -0.368 e. The summed E-state index contributed by atoms with van der Waals surface area (Å²) in [4.78, 5) is 20.6. The number of nitrogens with zero attached hydrogens (tertiary/aromatic N) is 3. The van der Waals surface area contributed by atoms with E-state index in [1.807, 2.05) is 35.2 Å². The quantitative estimate of drug-likeness (QED) is 0.406. The molecule has 2 aromatic carbocycles. The molecule has 1 saturated heterocycles. The Morgan fingerprint density at radius 2 is 1.68 bits per heavy atom. The zero-order valence-corrected chi connectivity index (χ0v) is 22.4. The van der Waals surface area contributed by atoms with Gasteiger partial charge < -0.3 is 9.80 Å². The molecule has 1 aliphatic heterocycles. The van der Waals surface area contributed by atoms with Crippen LogP contribution in [0.25, 0.3) is 0 Å². The molecule has 1 fully saturated rings. The predicted molar refractivity (Wildman–Crippen MR) is 118 cm³/mol. The summed E-state index contributed by atoms with van der Waals surface area (Å²) in [6.07, 6.45) is 3.21. The van der Waals surface area contributed by atoms with Gasteiger partial charge in [0.15, 0.2) is 11.0 Å². The van der Waals surface area contributed by atoms with Crippen molar-refractivity contribution < 1.29 is 44.3 Å². The second-order valence-electron chi connectivity index (χ2n) is 6.80. The predicted octanol–water partition coefficient (Wildman–Crippen LogP) is 2.85. The van der Waals surface area contributed by atoms with Crippen molar-refractivity contribution in [3.63, 3.8) is 0 Å². The molecular weight excluding hydrogens is 658 g/mol. The van der Waals surface area contributed by atoms with Crippen LogP contribution in [0, 0.1) is 37.5 Å². The molecule has 2 heterocycles. The van der Waals surface area contributed by atoms with Gasteiger partial charge in [-0.15, -0.1) is 23.5 Å². The molecule has 31 heavy (non-hydrogen) atoms. The van der Waals surface area contributed by atoms with E-state index in [1.165, 1.54) is 11.3 Å². The van der Waals surface area contributed by atoms with Gasteiger partial charge in [-0.05, 0) is 24.3 Å². The van der Waals surface area contributed by atoms with Gasteiger partial charge in [-0.3, -0.25) is 9.52 Å². The van der Waals surface area contributed by atoms with E-state index in [9.17, 15) is 13.2 Å². The molecule has 0 saturated carbocycles. The monoisotopic (exact) mass is 679 g/mol. The summed E-state index contributed by atoms with van der Waals surface area (Å²) in [7, 11) is -3.66. The van der Waals surface area contributed by atoms with Crippen LogP contribution < -0.4 is 9.62 Å². The summed E-state index contributed by atoms with van der Waals surface area (Å²) >= 11 is 1.23. The van der Waals surface area contributed by atoms with Gasteiger partial charge in [0.1, 0.15) is 0 Å². The number of anilines is 2. The normalized spacial score (nSPS) is 13.9. The van der Waals surface area contributed by atoms with Crippen LogP contribution in [0.15, 0.2) is 71.1 Å². The van der Waals surface area contributed by atoms with E-state index in [0.717, 1.165) is 11.3 Å². The first kappa shape index (κ1) is 23.7. The van der Waals surface area contributed by atoms with E-state index in [-0.39, 0.29) is 41.9 Å². The first-order chi connectivity index (χ1) is 14.5. The second kappa shape index (κ2) is 10.6. The van der Waals surface area contributed by atoms with Crippen LogP contribution in [0.3, 0.4) is 0 Å². The van der Waals surface area contributed by atoms with E-state index in [4.69, 9.17) is 0 Å². The van der Waals surface area contributed by atoms with E-state index in [0.29, 0.717) is 31.3 Å². The number of hydrogen-bond donors (Lipinski definition) is 1. The fourth-order valence-electron chi connectivity index (χ4n) is 3.25. The van der Waals surface area contributed by atoms with Gasteiger partial charge in [-0.25, -0.2) is 13.4 Å². The SMILES string of the molecule is O=C([CH-]c1ccccc1)N1CCN(c2ccc(S(=O)(=O)Nc3nccs3)cc2)CC1.[U]. The van der Waals surface area contributed by atoms with Crippen LogP contribution in [-0.4, -0.2) is 50.4 Å². The number of thiazole rings is 1. The summed E-state index contributed by atoms with van der Waals surface area (Å²) in [6, 6.07) is 16.3. The zero-order chi connectivity index (χ0) is 21.0. The summed E-state index contributed by atoms with van der Waals surface area (Å²) in [5.74, 6) is 0.00977. The fraction of sp³-hybridized carbons (Fsp3) is 0.190. The summed E-state index contributed by atoms with van der Waals surface area (Å²) < 4.78 is 27.4. The first-order valence-electron chi connectivity index (χ1n) is 9.47. The van der Waals surface area contributed by atoms with Crippen molar-refractivity contribution in [2.24, 2.45) is 0 Å². The number of nitrogens with one attached hydrogen (secondary N) is 1. The molecular formula is C21H21N4O3S2U-. The molecule has 3 aromatic rings. The molecule has 1 aromatic heterocycles. The Balaban J connectivity index is 0.00000272. The molecule has 0 spiro atoms. The topological polar surface area (TPSA) is 82.6 Å². The van der Waals surface area contributed by atoms with Crippen molar-refractivity contribution in [2.75, 3.05) is 35.8 Å². The number of amides is 1. The van der Waals surface area contributed by atoms with Crippen molar-refractivity contribution in [3.05, 3.63) is 78.2 Å². The number of aromatic nitrogens is 1. The van der Waals surface area contributed by atoms with Crippen LogP contribution in [0.5, 0.6) is 0 Å². The molecule has 160 valence electrons. The molecule has 7 nitrogen and oxygen atoms in total. The molecule has 0 unspecified atom stereocenters. The van der Waals surface area contributed by atoms with Gasteiger partial charge in [0.05, 0.1) is 4.90 Å². The van der Waals surface area contributed by atoms with Gasteiger partial charge in [0.25, 0.3) is 10.0 Å². The Bertz CT molecular complexity index is 1080. The third-order valence-corrected chi connectivity index (χ3v) is 7.02. The standard InChI is InChI=1S/C21H21N4O3S2.U/c26-20(16-17-4-2-1-3-5-17)25-13-11-24(12-14-25)18-6-8-19(9-7-18)30(27,28)23-21-22-10-15-29-21;/h1-10,15-16H,11-14H2,(H,22,23);/q-1;. The Morgan fingerprint density at radius 3 is 2.29 bits per heavy atom. The van der Waals surface area contributed by atoms with Gasteiger partial charge in [-0.2, -0.15) is 17.7 Å². The molecule has 1 N–H and O–H groups in total. The zero-order valence-electron chi connectivity index (χ0n) is 16.6. The number of sulfonamides is 1. The molecule has 1 amide bonds. The van der Waals surface area contributed by atoms with Gasteiger partial charge in [0, 0.05) is 74.6 Å². The minimum atomic E-state index is -3.66.